The van der Waals surface area contributed by atoms with E-state index < -0.39 is 0 Å². The Hall–Kier alpha value is -2.60. The third-order valence-corrected chi connectivity index (χ3v) is 3.17. The summed E-state index contributed by atoms with van der Waals surface area (Å²) in [5, 5.41) is 7.61. The Morgan fingerprint density at radius 1 is 1.04 bits per heavy atom. The molecule has 6 heteroatoms. The molecule has 126 valence electrons. The van der Waals surface area contributed by atoms with E-state index in [-0.39, 0.29) is 0 Å². The minimum atomic E-state index is 0.424. The summed E-state index contributed by atoms with van der Waals surface area (Å²) in [4.78, 5) is 0. The molecule has 0 amide bonds. The molecule has 0 fully saturated rings. The van der Waals surface area contributed by atoms with E-state index in [0.29, 0.717) is 24.1 Å². The maximum absolute atomic E-state index is 5.59. The molecule has 0 aromatic heterocycles. The molecule has 0 aliphatic carbocycles. The van der Waals surface area contributed by atoms with E-state index in [1.807, 2.05) is 62.4 Å². The van der Waals surface area contributed by atoms with Crippen LogP contribution in [0.2, 0.25) is 0 Å². The molecule has 0 aliphatic heterocycles. The van der Waals surface area contributed by atoms with Crippen molar-refractivity contribution >= 4 is 29.2 Å². The first-order chi connectivity index (χ1) is 11.7. The number of hydrazone groups is 1. The smallest absolute Gasteiger partial charge is 0.191 e. The van der Waals surface area contributed by atoms with E-state index >= 15 is 0 Å². The van der Waals surface area contributed by atoms with Crippen LogP contribution in [0.5, 0.6) is 11.5 Å². The number of para-hydroxylation sites is 1. The highest BCUT2D eigenvalue weighted by Gasteiger charge is 2.05. The molecule has 0 unspecified atom stereocenters. The summed E-state index contributed by atoms with van der Waals surface area (Å²) in [5.41, 5.74) is 4.58. The normalized spacial score (nSPS) is 10.4. The Morgan fingerprint density at radius 3 is 2.46 bits per heavy atom. The Kier molecular flexibility index (Phi) is 7.04. The number of thiocarbonyl (C=S) groups is 1. The van der Waals surface area contributed by atoms with Gasteiger partial charge in [-0.3, -0.25) is 5.43 Å². The molecule has 0 spiro atoms. The maximum atomic E-state index is 5.59. The van der Waals surface area contributed by atoms with Gasteiger partial charge >= 0.3 is 0 Å². The van der Waals surface area contributed by atoms with Crippen LogP contribution in [0, 0.1) is 0 Å². The molecule has 0 aliphatic rings. The predicted molar refractivity (Wildman–Crippen MR) is 102 cm³/mol. The Balaban J connectivity index is 1.95. The van der Waals surface area contributed by atoms with Gasteiger partial charge < -0.3 is 14.8 Å². The monoisotopic (exact) mass is 343 g/mol. The van der Waals surface area contributed by atoms with Crippen molar-refractivity contribution in [1.29, 1.82) is 0 Å². The van der Waals surface area contributed by atoms with Crippen LogP contribution in [0.15, 0.2) is 53.6 Å². The van der Waals surface area contributed by atoms with Gasteiger partial charge in [-0.2, -0.15) is 5.10 Å². The molecule has 5 nitrogen and oxygen atoms in total. The molecule has 0 atom stereocenters. The summed E-state index contributed by atoms with van der Waals surface area (Å²) in [6, 6.07) is 15.3. The SMILES string of the molecule is CCOc1ccc(/C=N\NC(=S)Nc2ccccc2)cc1OCC. The highest BCUT2D eigenvalue weighted by Crippen LogP contribution is 2.27. The van der Waals surface area contributed by atoms with E-state index in [0.717, 1.165) is 17.0 Å². The predicted octanol–water partition coefficient (Wildman–Crippen LogP) is 3.80. The van der Waals surface area contributed by atoms with Crippen LogP contribution in [0.4, 0.5) is 5.69 Å². The van der Waals surface area contributed by atoms with Gasteiger partial charge in [0.2, 0.25) is 0 Å². The van der Waals surface area contributed by atoms with Gasteiger partial charge in [0.15, 0.2) is 16.6 Å². The van der Waals surface area contributed by atoms with Gasteiger partial charge in [-0.1, -0.05) is 18.2 Å². The lowest BCUT2D eigenvalue weighted by atomic mass is 10.2. The van der Waals surface area contributed by atoms with Gasteiger partial charge in [-0.05, 0) is 62.0 Å². The van der Waals surface area contributed by atoms with Crippen LogP contribution in [0.3, 0.4) is 0 Å². The van der Waals surface area contributed by atoms with Crippen molar-refractivity contribution in [2.45, 2.75) is 13.8 Å². The third-order valence-electron chi connectivity index (χ3n) is 2.98. The van der Waals surface area contributed by atoms with Crippen molar-refractivity contribution in [2.24, 2.45) is 5.10 Å². The number of nitrogens with one attached hydrogen (secondary N) is 2. The summed E-state index contributed by atoms with van der Waals surface area (Å²) in [6.07, 6.45) is 1.68. The largest absolute Gasteiger partial charge is 0.490 e. The van der Waals surface area contributed by atoms with Gasteiger partial charge in [0.1, 0.15) is 0 Å². The molecular formula is C18H21N3O2S. The fourth-order valence-electron chi connectivity index (χ4n) is 1.99. The first-order valence-electron chi connectivity index (χ1n) is 7.77. The average molecular weight is 343 g/mol. The van der Waals surface area contributed by atoms with Crippen molar-refractivity contribution in [3.63, 3.8) is 0 Å². The van der Waals surface area contributed by atoms with E-state index in [9.17, 15) is 0 Å². The van der Waals surface area contributed by atoms with E-state index in [4.69, 9.17) is 21.7 Å². The summed E-state index contributed by atoms with van der Waals surface area (Å²) >= 11 is 5.19. The lowest BCUT2D eigenvalue weighted by molar-refractivity contribution is 0.288. The molecular weight excluding hydrogens is 322 g/mol. The van der Waals surface area contributed by atoms with Crippen molar-refractivity contribution < 1.29 is 9.47 Å². The number of hydrogen-bond acceptors (Lipinski definition) is 4. The molecule has 0 heterocycles. The average Bonchev–Trinajstić information content (AvgIpc) is 2.58. The van der Waals surface area contributed by atoms with Crippen molar-refractivity contribution in [1.82, 2.24) is 5.43 Å². The number of hydrogen-bond donors (Lipinski definition) is 2. The third kappa shape index (κ3) is 5.55. The minimum Gasteiger partial charge on any atom is -0.490 e. The number of rotatable bonds is 7. The number of ether oxygens (including phenoxy) is 2. The Labute approximate surface area is 147 Å². The molecule has 0 saturated heterocycles. The zero-order chi connectivity index (χ0) is 17.2. The zero-order valence-electron chi connectivity index (χ0n) is 13.8. The van der Waals surface area contributed by atoms with E-state index in [2.05, 4.69) is 15.8 Å². The first kappa shape index (κ1) is 17.7. The second-order valence-electron chi connectivity index (χ2n) is 4.76. The van der Waals surface area contributed by atoms with E-state index in [1.54, 1.807) is 6.21 Å². The van der Waals surface area contributed by atoms with Gasteiger partial charge in [-0.15, -0.1) is 0 Å². The van der Waals surface area contributed by atoms with Crippen molar-refractivity contribution in [3.05, 3.63) is 54.1 Å². The van der Waals surface area contributed by atoms with Crippen LogP contribution in [-0.4, -0.2) is 24.5 Å². The van der Waals surface area contributed by atoms with Crippen molar-refractivity contribution in [3.8, 4) is 11.5 Å². The van der Waals surface area contributed by atoms with E-state index in [1.165, 1.54) is 0 Å². The standard InChI is InChI=1S/C18H21N3O2S/c1-3-22-16-11-10-14(12-17(16)23-4-2)13-19-21-18(24)20-15-8-6-5-7-9-15/h5-13H,3-4H2,1-2H3,(H2,20,21,24)/b19-13-. The molecule has 2 aromatic carbocycles. The number of benzene rings is 2. The molecule has 0 radical (unpaired) electrons. The maximum Gasteiger partial charge on any atom is 0.191 e. The molecule has 2 aromatic rings. The molecule has 2 rings (SSSR count). The molecule has 0 bridgehead atoms. The molecule has 2 N–H and O–H groups in total. The van der Waals surface area contributed by atoms with Crippen LogP contribution >= 0.6 is 12.2 Å². The van der Waals surface area contributed by atoms with Gasteiger partial charge in [-0.25, -0.2) is 0 Å². The molecule has 24 heavy (non-hydrogen) atoms. The number of nitrogens with zero attached hydrogens (tertiary/aromatic N) is 1. The summed E-state index contributed by atoms with van der Waals surface area (Å²) in [5.74, 6) is 1.43. The van der Waals surface area contributed by atoms with Gasteiger partial charge in [0.05, 0.1) is 19.4 Å². The Morgan fingerprint density at radius 2 is 1.75 bits per heavy atom. The fraction of sp³-hybridized carbons (Fsp3) is 0.222. The number of anilines is 1. The zero-order valence-corrected chi connectivity index (χ0v) is 14.6. The Bertz CT molecular complexity index is 690. The quantitative estimate of drug-likeness (QED) is 0.455. The first-order valence-corrected chi connectivity index (χ1v) is 8.18. The highest BCUT2D eigenvalue weighted by molar-refractivity contribution is 7.80. The van der Waals surface area contributed by atoms with Crippen molar-refractivity contribution in [2.75, 3.05) is 18.5 Å². The highest BCUT2D eigenvalue weighted by atomic mass is 32.1. The van der Waals surface area contributed by atoms with Gasteiger partial charge in [0.25, 0.3) is 0 Å². The van der Waals surface area contributed by atoms with Crippen LogP contribution < -0.4 is 20.2 Å². The summed E-state index contributed by atoms with van der Waals surface area (Å²) in [6.45, 7) is 5.04. The van der Waals surface area contributed by atoms with Crippen LogP contribution in [0.25, 0.3) is 0 Å². The van der Waals surface area contributed by atoms with Crippen LogP contribution in [-0.2, 0) is 0 Å². The second kappa shape index (κ2) is 9.52. The lowest BCUT2D eigenvalue weighted by Crippen LogP contribution is -2.23. The minimum absolute atomic E-state index is 0.424. The topological polar surface area (TPSA) is 54.9 Å². The fourth-order valence-corrected chi connectivity index (χ4v) is 2.16. The van der Waals surface area contributed by atoms with Crippen LogP contribution in [0.1, 0.15) is 19.4 Å². The second-order valence-corrected chi connectivity index (χ2v) is 5.17. The summed E-state index contributed by atoms with van der Waals surface area (Å²) in [7, 11) is 0. The van der Waals surface area contributed by atoms with Gasteiger partial charge in [0, 0.05) is 5.69 Å². The summed E-state index contributed by atoms with van der Waals surface area (Å²) < 4.78 is 11.1. The lowest BCUT2D eigenvalue weighted by Gasteiger charge is -2.11. The molecule has 0 saturated carbocycles.